The second kappa shape index (κ2) is 7.06. The first-order valence-electron chi connectivity index (χ1n) is 7.60. The first-order valence-corrected chi connectivity index (χ1v) is 7.60. The molecule has 1 saturated heterocycles. The fourth-order valence-corrected chi connectivity index (χ4v) is 2.54. The predicted octanol–water partition coefficient (Wildman–Crippen LogP) is 2.48. The zero-order chi connectivity index (χ0) is 17.9. The summed E-state index contributed by atoms with van der Waals surface area (Å²) in [5, 5.41) is 4.98. The van der Waals surface area contributed by atoms with E-state index in [2.05, 4.69) is 15.6 Å². The number of hydrogen-bond donors (Lipinski definition) is 2. The number of aromatic nitrogens is 1. The maximum absolute atomic E-state index is 12.7. The highest BCUT2D eigenvalue weighted by atomic mass is 19.4. The van der Waals surface area contributed by atoms with Crippen LogP contribution in [-0.4, -0.2) is 41.0 Å². The van der Waals surface area contributed by atoms with Crippen molar-refractivity contribution in [1.29, 1.82) is 0 Å². The summed E-state index contributed by atoms with van der Waals surface area (Å²) in [6.45, 7) is 4.17. The number of halogens is 3. The van der Waals surface area contributed by atoms with Gasteiger partial charge in [-0.3, -0.25) is 4.79 Å². The Morgan fingerprint density at radius 1 is 1.54 bits per heavy atom. The topological polar surface area (TPSA) is 74.3 Å². The predicted molar refractivity (Wildman–Crippen MR) is 81.2 cm³/mol. The molecular weight excluding hydrogens is 325 g/mol. The number of hydrogen-bond acceptors (Lipinski definition) is 3. The van der Waals surface area contributed by atoms with Gasteiger partial charge >= 0.3 is 12.2 Å². The number of amides is 3. The summed E-state index contributed by atoms with van der Waals surface area (Å²) in [6, 6.07) is 1.10. The lowest BCUT2D eigenvalue weighted by Crippen LogP contribution is -2.43. The molecule has 0 unspecified atom stereocenters. The van der Waals surface area contributed by atoms with Crippen LogP contribution < -0.4 is 10.6 Å². The van der Waals surface area contributed by atoms with Crippen LogP contribution in [0.1, 0.15) is 25.8 Å². The fourth-order valence-electron chi connectivity index (χ4n) is 2.54. The van der Waals surface area contributed by atoms with Gasteiger partial charge in [0.2, 0.25) is 5.91 Å². The fraction of sp³-hybridized carbons (Fsp3) is 0.533. The van der Waals surface area contributed by atoms with Crippen LogP contribution in [0.25, 0.3) is 0 Å². The highest BCUT2D eigenvalue weighted by molar-refractivity contribution is 5.94. The van der Waals surface area contributed by atoms with E-state index in [-0.39, 0.29) is 30.4 Å². The average molecular weight is 344 g/mol. The van der Waals surface area contributed by atoms with Gasteiger partial charge in [-0.1, -0.05) is 20.3 Å². The van der Waals surface area contributed by atoms with Gasteiger partial charge in [-0.2, -0.15) is 13.2 Å². The van der Waals surface area contributed by atoms with E-state index in [9.17, 15) is 22.8 Å². The Labute approximate surface area is 137 Å². The third kappa shape index (κ3) is 4.15. The number of rotatable bonds is 5. The van der Waals surface area contributed by atoms with Gasteiger partial charge in [-0.15, -0.1) is 0 Å². The molecule has 0 radical (unpaired) electrons. The van der Waals surface area contributed by atoms with Crippen molar-refractivity contribution < 1.29 is 22.8 Å². The summed E-state index contributed by atoms with van der Waals surface area (Å²) in [5.41, 5.74) is -0.899. The van der Waals surface area contributed by atoms with E-state index in [4.69, 9.17) is 0 Å². The van der Waals surface area contributed by atoms with Crippen molar-refractivity contribution in [3.63, 3.8) is 0 Å². The second-order valence-electron chi connectivity index (χ2n) is 5.74. The molecule has 24 heavy (non-hydrogen) atoms. The molecule has 1 aliphatic rings. The summed E-state index contributed by atoms with van der Waals surface area (Å²) in [6.07, 6.45) is -2.70. The molecule has 1 fully saturated rings. The first kappa shape index (κ1) is 18.0. The molecule has 6 nitrogen and oxygen atoms in total. The monoisotopic (exact) mass is 344 g/mol. The molecule has 0 saturated carbocycles. The van der Waals surface area contributed by atoms with Crippen molar-refractivity contribution in [2.45, 2.75) is 32.5 Å². The van der Waals surface area contributed by atoms with Crippen LogP contribution in [0.15, 0.2) is 18.3 Å². The second-order valence-corrected chi connectivity index (χ2v) is 5.74. The lowest BCUT2D eigenvalue weighted by molar-refractivity contribution is -0.137. The number of nitrogens with one attached hydrogen (secondary N) is 2. The molecule has 0 bridgehead atoms. The van der Waals surface area contributed by atoms with Crippen LogP contribution in [0.3, 0.4) is 0 Å². The molecule has 1 aliphatic heterocycles. The zero-order valence-electron chi connectivity index (χ0n) is 13.4. The average Bonchev–Trinajstić information content (AvgIpc) is 2.87. The molecule has 2 N–H and O–H groups in total. The summed E-state index contributed by atoms with van der Waals surface area (Å²) in [4.78, 5) is 29.0. The normalized spacial score (nSPS) is 19.1. The Bertz CT molecular complexity index is 621. The number of alkyl halides is 3. The molecule has 0 aliphatic carbocycles. The van der Waals surface area contributed by atoms with E-state index < -0.39 is 17.6 Å². The highest BCUT2D eigenvalue weighted by Crippen LogP contribution is 2.29. The van der Waals surface area contributed by atoms with Crippen molar-refractivity contribution in [1.82, 2.24) is 15.2 Å². The standard InChI is InChI=1S/C15H19F3N4O2/c1-3-9(2)11-7-20-14(24)22(11)8-13(23)21-12-6-10(4-5-19-12)15(16,17)18/h4-6,9,11H,3,7-8H2,1-2H3,(H,20,24)(H,19,21,23)/t9-,11+/m0/s1. The Kier molecular flexibility index (Phi) is 5.30. The molecule has 2 atom stereocenters. The molecule has 132 valence electrons. The number of anilines is 1. The van der Waals surface area contributed by atoms with Gasteiger partial charge in [-0.05, 0) is 18.1 Å². The number of pyridine rings is 1. The molecule has 1 aromatic rings. The lowest BCUT2D eigenvalue weighted by Gasteiger charge is -2.26. The van der Waals surface area contributed by atoms with Crippen LogP contribution in [0.5, 0.6) is 0 Å². The Morgan fingerprint density at radius 2 is 2.25 bits per heavy atom. The smallest absolute Gasteiger partial charge is 0.336 e. The van der Waals surface area contributed by atoms with E-state index in [1.807, 2.05) is 13.8 Å². The summed E-state index contributed by atoms with van der Waals surface area (Å²) < 4.78 is 38.0. The van der Waals surface area contributed by atoms with Crippen LogP contribution >= 0.6 is 0 Å². The Balaban J connectivity index is 2.04. The maximum atomic E-state index is 12.7. The largest absolute Gasteiger partial charge is 0.416 e. The molecule has 0 spiro atoms. The summed E-state index contributed by atoms with van der Waals surface area (Å²) >= 11 is 0. The van der Waals surface area contributed by atoms with Crippen molar-refractivity contribution in [2.75, 3.05) is 18.4 Å². The van der Waals surface area contributed by atoms with E-state index >= 15 is 0 Å². The lowest BCUT2D eigenvalue weighted by atomic mass is 9.99. The highest BCUT2D eigenvalue weighted by Gasteiger charge is 2.35. The van der Waals surface area contributed by atoms with Crippen molar-refractivity contribution >= 4 is 17.8 Å². The zero-order valence-corrected chi connectivity index (χ0v) is 13.4. The third-order valence-electron chi connectivity index (χ3n) is 4.09. The molecule has 3 amide bonds. The third-order valence-corrected chi connectivity index (χ3v) is 4.09. The van der Waals surface area contributed by atoms with Gasteiger partial charge in [0.25, 0.3) is 0 Å². The SMILES string of the molecule is CC[C@H](C)[C@H]1CNC(=O)N1CC(=O)Nc1cc(C(F)(F)F)ccn1. The molecule has 2 rings (SSSR count). The van der Waals surface area contributed by atoms with Gasteiger partial charge < -0.3 is 15.5 Å². The van der Waals surface area contributed by atoms with Crippen LogP contribution in [0, 0.1) is 5.92 Å². The molecule has 1 aromatic heterocycles. The van der Waals surface area contributed by atoms with Gasteiger partial charge in [0.15, 0.2) is 0 Å². The van der Waals surface area contributed by atoms with E-state index in [0.717, 1.165) is 24.8 Å². The number of carbonyl (C=O) groups excluding carboxylic acids is 2. The number of nitrogens with zero attached hydrogens (tertiary/aromatic N) is 2. The van der Waals surface area contributed by atoms with Gasteiger partial charge in [-0.25, -0.2) is 9.78 Å². The Hall–Kier alpha value is -2.32. The number of urea groups is 1. The molecule has 9 heteroatoms. The molecule has 2 heterocycles. The van der Waals surface area contributed by atoms with E-state index in [1.54, 1.807) is 0 Å². The first-order chi connectivity index (χ1) is 11.2. The quantitative estimate of drug-likeness (QED) is 0.862. The molecule has 0 aromatic carbocycles. The van der Waals surface area contributed by atoms with E-state index in [1.165, 1.54) is 4.90 Å². The minimum atomic E-state index is -4.51. The van der Waals surface area contributed by atoms with Crippen molar-refractivity contribution in [3.05, 3.63) is 23.9 Å². The summed E-state index contributed by atoms with van der Waals surface area (Å²) in [5.74, 6) is -0.592. The Morgan fingerprint density at radius 3 is 2.88 bits per heavy atom. The minimum Gasteiger partial charge on any atom is -0.336 e. The minimum absolute atomic E-state index is 0.122. The van der Waals surface area contributed by atoms with Gasteiger partial charge in [0, 0.05) is 12.7 Å². The molecular formula is C15H19F3N4O2. The van der Waals surface area contributed by atoms with E-state index in [0.29, 0.717) is 6.54 Å². The van der Waals surface area contributed by atoms with Crippen LogP contribution in [0.2, 0.25) is 0 Å². The van der Waals surface area contributed by atoms with Crippen LogP contribution in [0.4, 0.5) is 23.8 Å². The summed E-state index contributed by atoms with van der Waals surface area (Å²) in [7, 11) is 0. The number of carbonyl (C=O) groups is 2. The van der Waals surface area contributed by atoms with Gasteiger partial charge in [0.05, 0.1) is 11.6 Å². The van der Waals surface area contributed by atoms with Crippen molar-refractivity contribution in [3.8, 4) is 0 Å². The maximum Gasteiger partial charge on any atom is 0.416 e. The van der Waals surface area contributed by atoms with Crippen molar-refractivity contribution in [2.24, 2.45) is 5.92 Å². The van der Waals surface area contributed by atoms with Gasteiger partial charge in [0.1, 0.15) is 12.4 Å². The van der Waals surface area contributed by atoms with Crippen LogP contribution in [-0.2, 0) is 11.0 Å².